The van der Waals surface area contributed by atoms with Gasteiger partial charge in [0.15, 0.2) is 5.41 Å². The van der Waals surface area contributed by atoms with E-state index in [9.17, 15) is 14.4 Å². The maximum Gasteiger partial charge on any atom is 0.335 e. The minimum Gasteiger partial charge on any atom is -0.364 e. The molecule has 30 heavy (non-hydrogen) atoms. The number of amides is 4. The fraction of sp³-hybridized carbons (Fsp3) is 0.318. The smallest absolute Gasteiger partial charge is 0.335 e. The Bertz CT molecular complexity index is 1070. The van der Waals surface area contributed by atoms with Crippen LogP contribution < -0.4 is 15.1 Å². The number of nitrogens with one attached hydrogen (secondary N) is 1. The lowest BCUT2D eigenvalue weighted by Gasteiger charge is -2.55. The number of benzene rings is 2. The molecule has 1 N–H and O–H groups in total. The van der Waals surface area contributed by atoms with Crippen molar-refractivity contribution in [2.75, 3.05) is 36.5 Å². The first kappa shape index (κ1) is 19.1. The van der Waals surface area contributed by atoms with Gasteiger partial charge in [-0.25, -0.2) is 9.69 Å². The Hall–Kier alpha value is -2.90. The van der Waals surface area contributed by atoms with E-state index in [4.69, 9.17) is 11.6 Å². The van der Waals surface area contributed by atoms with E-state index in [-0.39, 0.29) is 17.1 Å². The van der Waals surface area contributed by atoms with Crippen molar-refractivity contribution in [1.82, 2.24) is 10.2 Å². The lowest BCUT2D eigenvalue weighted by atomic mass is 9.67. The van der Waals surface area contributed by atoms with Crippen molar-refractivity contribution in [3.8, 4) is 0 Å². The fourth-order valence-electron chi connectivity index (χ4n) is 4.94. The van der Waals surface area contributed by atoms with Crippen LogP contribution in [0.1, 0.15) is 5.56 Å². The number of halogens is 1. The molecule has 154 valence electrons. The summed E-state index contributed by atoms with van der Waals surface area (Å²) in [4.78, 5) is 45.4. The molecular weight excluding hydrogens is 404 g/mol. The Morgan fingerprint density at radius 2 is 1.70 bits per heavy atom. The number of likely N-dealkylation sites (N-methyl/N-ethyl adjacent to an activating group) is 1. The molecule has 3 aliphatic rings. The number of imide groups is 2. The molecule has 1 spiro atoms. The number of nitrogens with zero attached hydrogens (tertiary/aromatic N) is 3. The lowest BCUT2D eigenvalue weighted by molar-refractivity contribution is -0.145. The van der Waals surface area contributed by atoms with Crippen LogP contribution in [0.5, 0.6) is 0 Å². The van der Waals surface area contributed by atoms with Crippen LogP contribution >= 0.6 is 11.6 Å². The van der Waals surface area contributed by atoms with E-state index in [2.05, 4.69) is 15.1 Å². The van der Waals surface area contributed by atoms with E-state index in [0.29, 0.717) is 13.1 Å². The van der Waals surface area contributed by atoms with Crippen molar-refractivity contribution in [2.45, 2.75) is 12.5 Å². The zero-order valence-corrected chi connectivity index (χ0v) is 17.2. The summed E-state index contributed by atoms with van der Waals surface area (Å²) in [5.41, 5.74) is 0.831. The van der Waals surface area contributed by atoms with Gasteiger partial charge in [0, 0.05) is 25.3 Å². The van der Waals surface area contributed by atoms with E-state index >= 15 is 0 Å². The van der Waals surface area contributed by atoms with E-state index in [1.165, 1.54) is 0 Å². The number of fused-ring (bicyclic) bond motifs is 4. The van der Waals surface area contributed by atoms with Gasteiger partial charge in [0.2, 0.25) is 5.91 Å². The van der Waals surface area contributed by atoms with Crippen LogP contribution in [0, 0.1) is 5.41 Å². The summed E-state index contributed by atoms with van der Waals surface area (Å²) in [7, 11) is 1.98. The molecule has 2 aromatic carbocycles. The zero-order valence-electron chi connectivity index (χ0n) is 16.5. The highest BCUT2D eigenvalue weighted by atomic mass is 35.5. The summed E-state index contributed by atoms with van der Waals surface area (Å²) in [6, 6.07) is 13.4. The lowest BCUT2D eigenvalue weighted by Crippen LogP contribution is -2.75. The number of hydrogen-bond donors (Lipinski definition) is 1. The SMILES string of the molecule is CN1CCN2c3ccccc3C[C@]3(C(=O)NC(=O)N(c4ccccc4Cl)C3=O)[C@@H]2C1. The highest BCUT2D eigenvalue weighted by Crippen LogP contribution is 2.46. The summed E-state index contributed by atoms with van der Waals surface area (Å²) in [5, 5.41) is 2.73. The van der Waals surface area contributed by atoms with Crippen molar-refractivity contribution in [3.05, 3.63) is 59.1 Å². The molecule has 2 saturated heterocycles. The van der Waals surface area contributed by atoms with Crippen LogP contribution in [0.3, 0.4) is 0 Å². The Morgan fingerprint density at radius 1 is 1.00 bits per heavy atom. The number of carbonyl (C=O) groups excluding carboxylic acids is 3. The predicted octanol–water partition coefficient (Wildman–Crippen LogP) is 2.29. The predicted molar refractivity (Wildman–Crippen MR) is 114 cm³/mol. The average Bonchev–Trinajstić information content (AvgIpc) is 2.73. The van der Waals surface area contributed by atoms with Gasteiger partial charge >= 0.3 is 6.03 Å². The van der Waals surface area contributed by atoms with Crippen molar-refractivity contribution >= 4 is 40.8 Å². The standard InChI is InChI=1S/C22H21ClN4O3/c1-25-10-11-26-16-8-4-2-6-14(16)12-22(18(26)13-25)19(28)24-21(30)27(20(22)29)17-9-5-3-7-15(17)23/h2-9,18H,10-13H2,1H3,(H,24,28,30)/t18-,22+/m0/s1. The summed E-state index contributed by atoms with van der Waals surface area (Å²) >= 11 is 6.32. The van der Waals surface area contributed by atoms with Gasteiger partial charge in [0.05, 0.1) is 16.8 Å². The van der Waals surface area contributed by atoms with Gasteiger partial charge in [-0.2, -0.15) is 0 Å². The van der Waals surface area contributed by atoms with E-state index in [0.717, 1.165) is 22.7 Å². The Balaban J connectivity index is 1.69. The number of urea groups is 1. The molecule has 0 radical (unpaired) electrons. The summed E-state index contributed by atoms with van der Waals surface area (Å²) < 4.78 is 0. The largest absolute Gasteiger partial charge is 0.364 e. The second-order valence-corrected chi connectivity index (χ2v) is 8.51. The first-order chi connectivity index (χ1) is 14.4. The fourth-order valence-corrected chi connectivity index (χ4v) is 5.16. The van der Waals surface area contributed by atoms with Gasteiger partial charge in [-0.3, -0.25) is 14.9 Å². The zero-order chi connectivity index (χ0) is 21.0. The van der Waals surface area contributed by atoms with Crippen LogP contribution in [-0.4, -0.2) is 55.5 Å². The highest BCUT2D eigenvalue weighted by molar-refractivity contribution is 6.37. The Morgan fingerprint density at radius 3 is 2.47 bits per heavy atom. The van der Waals surface area contributed by atoms with Gasteiger partial charge in [-0.1, -0.05) is 41.9 Å². The first-order valence-corrected chi connectivity index (χ1v) is 10.3. The van der Waals surface area contributed by atoms with Crippen molar-refractivity contribution in [2.24, 2.45) is 5.41 Å². The molecule has 0 bridgehead atoms. The highest BCUT2D eigenvalue weighted by Gasteiger charge is 2.63. The van der Waals surface area contributed by atoms with Crippen LogP contribution in [0.25, 0.3) is 0 Å². The monoisotopic (exact) mass is 424 g/mol. The van der Waals surface area contributed by atoms with Crippen molar-refractivity contribution in [3.63, 3.8) is 0 Å². The molecular formula is C22H21ClN4O3. The molecule has 3 aliphatic heterocycles. The van der Waals surface area contributed by atoms with Crippen LogP contribution in [0.4, 0.5) is 16.2 Å². The Labute approximate surface area is 179 Å². The minimum atomic E-state index is -1.42. The second kappa shape index (κ2) is 6.82. The number of carbonyl (C=O) groups is 3. The minimum absolute atomic E-state index is 0.233. The quantitative estimate of drug-likeness (QED) is 0.711. The molecule has 0 saturated carbocycles. The van der Waals surface area contributed by atoms with Gasteiger partial charge in [0.1, 0.15) is 0 Å². The first-order valence-electron chi connectivity index (χ1n) is 9.91. The van der Waals surface area contributed by atoms with E-state index in [1.807, 2.05) is 31.3 Å². The molecule has 3 heterocycles. The third kappa shape index (κ3) is 2.58. The molecule has 7 nitrogen and oxygen atoms in total. The maximum atomic E-state index is 14.0. The molecule has 0 aliphatic carbocycles. The molecule has 0 aromatic heterocycles. The molecule has 2 aromatic rings. The topological polar surface area (TPSA) is 73.0 Å². The number of barbiturate groups is 1. The van der Waals surface area contributed by atoms with Crippen LogP contribution in [0.15, 0.2) is 48.5 Å². The summed E-state index contributed by atoms with van der Waals surface area (Å²) in [6.07, 6.45) is 0.233. The molecule has 8 heteroatoms. The molecule has 0 unspecified atom stereocenters. The van der Waals surface area contributed by atoms with Gasteiger partial charge in [0.25, 0.3) is 5.91 Å². The Kier molecular flexibility index (Phi) is 4.34. The third-order valence-electron chi connectivity index (χ3n) is 6.43. The third-order valence-corrected chi connectivity index (χ3v) is 6.75. The van der Waals surface area contributed by atoms with Crippen molar-refractivity contribution < 1.29 is 14.4 Å². The summed E-state index contributed by atoms with van der Waals surface area (Å²) in [5.74, 6) is -1.07. The van der Waals surface area contributed by atoms with E-state index < -0.39 is 29.3 Å². The normalized spacial score (nSPS) is 26.5. The average molecular weight is 425 g/mol. The van der Waals surface area contributed by atoms with Crippen LogP contribution in [-0.2, 0) is 16.0 Å². The van der Waals surface area contributed by atoms with Gasteiger partial charge in [-0.15, -0.1) is 0 Å². The van der Waals surface area contributed by atoms with Gasteiger partial charge in [-0.05, 0) is 37.2 Å². The summed E-state index contributed by atoms with van der Waals surface area (Å²) in [6.45, 7) is 2.06. The van der Waals surface area contributed by atoms with Crippen molar-refractivity contribution in [1.29, 1.82) is 0 Å². The number of para-hydroxylation sites is 2. The molecule has 4 amide bonds. The molecule has 5 rings (SSSR count). The second-order valence-electron chi connectivity index (χ2n) is 8.10. The van der Waals surface area contributed by atoms with Crippen LogP contribution in [0.2, 0.25) is 5.02 Å². The molecule has 2 atom stereocenters. The number of piperazine rings is 1. The number of hydrogen-bond acceptors (Lipinski definition) is 5. The maximum absolute atomic E-state index is 14.0. The van der Waals surface area contributed by atoms with E-state index in [1.54, 1.807) is 24.3 Å². The van der Waals surface area contributed by atoms with Gasteiger partial charge < -0.3 is 9.80 Å². The number of anilines is 2. The molecule has 2 fully saturated rings. The number of rotatable bonds is 1.